The summed E-state index contributed by atoms with van der Waals surface area (Å²) in [5.41, 5.74) is 0.291. The van der Waals surface area contributed by atoms with E-state index in [2.05, 4.69) is 69.2 Å². The lowest BCUT2D eigenvalue weighted by atomic mass is 9.41. The molecule has 1 amide bonds. The fourth-order valence-corrected chi connectivity index (χ4v) is 17.9. The van der Waals surface area contributed by atoms with Gasteiger partial charge in [0.15, 0.2) is 14.6 Å². The standard InChI is InChI=1S/C45H79NO7Si/c1-14-54(15-2,16-3)53-38-37-35(29(6)25-30(50-37)36(47)28(4)5)42(12)21-22-45-27-44(45)20-19-33(41(10,11)31(44)17-18-32(45)43(38,42)13)51-34-26-46(23-24-49-34)39(48)52-40(7,8)9/h28-38,47H,14-27H2,1-13H3/t29-,30-,31+,32+,33+,34+,35+,36-,37+,38+,42-,43-,44?,45+/m1/s1. The Kier molecular flexibility index (Phi) is 10.7. The highest BCUT2D eigenvalue weighted by Crippen LogP contribution is 2.89. The van der Waals surface area contributed by atoms with Crippen LogP contribution in [0.25, 0.3) is 0 Å². The molecule has 0 aromatic rings. The minimum absolute atomic E-state index is 0.00196. The van der Waals surface area contributed by atoms with E-state index < -0.39 is 26.3 Å². The van der Waals surface area contributed by atoms with Gasteiger partial charge in [0.25, 0.3) is 0 Å². The van der Waals surface area contributed by atoms with Gasteiger partial charge in [-0.25, -0.2) is 4.79 Å². The van der Waals surface area contributed by atoms with Crippen molar-refractivity contribution in [1.82, 2.24) is 4.90 Å². The zero-order chi connectivity index (χ0) is 39.4. The number of hydrogen-bond acceptors (Lipinski definition) is 7. The molecule has 0 bridgehead atoms. The van der Waals surface area contributed by atoms with Gasteiger partial charge < -0.3 is 33.4 Å². The molecule has 8 nitrogen and oxygen atoms in total. The van der Waals surface area contributed by atoms with Crippen LogP contribution < -0.4 is 0 Å². The average Bonchev–Trinajstić information content (AvgIpc) is 3.74. The van der Waals surface area contributed by atoms with Gasteiger partial charge in [-0.1, -0.05) is 69.2 Å². The Morgan fingerprint density at radius 1 is 0.963 bits per heavy atom. The normalized spacial score (nSPS) is 46.1. The summed E-state index contributed by atoms with van der Waals surface area (Å²) in [6.07, 6.45) is 8.48. The number of nitrogens with zero attached hydrogens (tertiary/aromatic N) is 1. The van der Waals surface area contributed by atoms with Crippen molar-refractivity contribution < 1.29 is 33.3 Å². The zero-order valence-electron chi connectivity index (χ0n) is 36.6. The van der Waals surface area contributed by atoms with E-state index in [0.717, 1.165) is 31.0 Å². The highest BCUT2D eigenvalue weighted by atomic mass is 28.4. The molecule has 9 heteroatoms. The maximum atomic E-state index is 13.0. The van der Waals surface area contributed by atoms with Crippen LogP contribution in [0.5, 0.6) is 0 Å². The lowest BCUT2D eigenvalue weighted by Crippen LogP contribution is -2.61. The summed E-state index contributed by atoms with van der Waals surface area (Å²) in [6, 6.07) is 3.43. The highest BCUT2D eigenvalue weighted by Gasteiger charge is 2.85. The maximum absolute atomic E-state index is 13.0. The molecule has 310 valence electrons. The molecule has 0 aromatic carbocycles. The van der Waals surface area contributed by atoms with Gasteiger partial charge >= 0.3 is 6.09 Å². The van der Waals surface area contributed by atoms with Crippen molar-refractivity contribution >= 4 is 14.4 Å². The molecule has 7 rings (SSSR count). The second-order valence-electron chi connectivity index (χ2n) is 22.0. The Hall–Kier alpha value is -0.713. The van der Waals surface area contributed by atoms with Crippen LogP contribution in [0.4, 0.5) is 4.79 Å². The molecule has 7 fully saturated rings. The van der Waals surface area contributed by atoms with Crippen molar-refractivity contribution in [3.05, 3.63) is 0 Å². The molecule has 54 heavy (non-hydrogen) atoms. The van der Waals surface area contributed by atoms with E-state index in [0.29, 0.717) is 54.2 Å². The number of aliphatic hydroxyl groups is 1. The van der Waals surface area contributed by atoms with Gasteiger partial charge in [-0.2, -0.15) is 0 Å². The fourth-order valence-electron chi connectivity index (χ4n) is 15.0. The first-order valence-corrected chi connectivity index (χ1v) is 25.0. The van der Waals surface area contributed by atoms with Gasteiger partial charge in [-0.3, -0.25) is 0 Å². The van der Waals surface area contributed by atoms with Crippen LogP contribution in [0.15, 0.2) is 0 Å². The van der Waals surface area contributed by atoms with Crippen molar-refractivity contribution in [3.8, 4) is 0 Å². The topological polar surface area (TPSA) is 86.7 Å². The first-order valence-electron chi connectivity index (χ1n) is 22.5. The molecule has 2 aliphatic heterocycles. The van der Waals surface area contributed by atoms with Crippen LogP contribution in [0.2, 0.25) is 18.1 Å². The summed E-state index contributed by atoms with van der Waals surface area (Å²) in [7, 11) is -1.99. The summed E-state index contributed by atoms with van der Waals surface area (Å²) in [5, 5.41) is 11.5. The molecule has 14 atom stereocenters. The van der Waals surface area contributed by atoms with Crippen molar-refractivity contribution in [2.24, 2.45) is 56.7 Å². The smallest absolute Gasteiger partial charge is 0.410 e. The number of aliphatic hydroxyl groups excluding tert-OH is 1. The summed E-state index contributed by atoms with van der Waals surface area (Å²) < 4.78 is 34.0. The van der Waals surface area contributed by atoms with Crippen LogP contribution >= 0.6 is 0 Å². The first-order chi connectivity index (χ1) is 25.2. The van der Waals surface area contributed by atoms with E-state index in [4.69, 9.17) is 23.4 Å². The predicted molar refractivity (Wildman–Crippen MR) is 215 cm³/mol. The van der Waals surface area contributed by atoms with Gasteiger partial charge in [-0.15, -0.1) is 0 Å². The number of amides is 1. The largest absolute Gasteiger partial charge is 0.444 e. The number of ether oxygens (including phenoxy) is 4. The molecule has 2 spiro atoms. The lowest BCUT2D eigenvalue weighted by Gasteiger charge is -2.64. The van der Waals surface area contributed by atoms with E-state index >= 15 is 0 Å². The third-order valence-electron chi connectivity index (χ3n) is 18.1. The predicted octanol–water partition coefficient (Wildman–Crippen LogP) is 9.82. The van der Waals surface area contributed by atoms with Crippen LogP contribution in [0, 0.1) is 56.7 Å². The second kappa shape index (κ2) is 14.0. The minimum atomic E-state index is -1.99. The molecule has 1 N–H and O–H groups in total. The van der Waals surface area contributed by atoms with E-state index in [-0.39, 0.29) is 52.7 Å². The Balaban J connectivity index is 1.17. The molecule has 0 radical (unpaired) electrons. The molecule has 5 saturated carbocycles. The van der Waals surface area contributed by atoms with E-state index in [9.17, 15) is 9.90 Å². The van der Waals surface area contributed by atoms with Crippen molar-refractivity contribution in [3.63, 3.8) is 0 Å². The van der Waals surface area contributed by atoms with Gasteiger partial charge in [-0.05, 0) is 142 Å². The van der Waals surface area contributed by atoms with Gasteiger partial charge in [0, 0.05) is 12.0 Å². The Bertz CT molecular complexity index is 1390. The van der Waals surface area contributed by atoms with Crippen molar-refractivity contribution in [2.75, 3.05) is 19.7 Å². The van der Waals surface area contributed by atoms with E-state index in [1.54, 1.807) is 4.90 Å². The van der Waals surface area contributed by atoms with Crippen molar-refractivity contribution in [2.45, 2.75) is 202 Å². The van der Waals surface area contributed by atoms with E-state index in [1.165, 1.54) is 38.5 Å². The van der Waals surface area contributed by atoms with Gasteiger partial charge in [0.05, 0.1) is 43.7 Å². The summed E-state index contributed by atoms with van der Waals surface area (Å²) in [5.74, 6) is 2.30. The molecule has 2 heterocycles. The third-order valence-corrected chi connectivity index (χ3v) is 22.7. The summed E-state index contributed by atoms with van der Waals surface area (Å²) in [4.78, 5) is 14.7. The molecule has 2 saturated heterocycles. The van der Waals surface area contributed by atoms with Gasteiger partial charge in [0.2, 0.25) is 0 Å². The minimum Gasteiger partial charge on any atom is -0.444 e. The lowest BCUT2D eigenvalue weighted by molar-refractivity contribution is -0.246. The quantitative estimate of drug-likeness (QED) is 0.234. The number of rotatable bonds is 9. The van der Waals surface area contributed by atoms with Crippen LogP contribution in [-0.4, -0.2) is 86.5 Å². The summed E-state index contributed by atoms with van der Waals surface area (Å²) >= 11 is 0. The first kappa shape index (κ1) is 41.4. The molecule has 7 aliphatic rings. The van der Waals surface area contributed by atoms with Crippen molar-refractivity contribution in [1.29, 1.82) is 0 Å². The zero-order valence-corrected chi connectivity index (χ0v) is 37.6. The maximum Gasteiger partial charge on any atom is 0.410 e. The van der Waals surface area contributed by atoms with Crippen LogP contribution in [0.3, 0.4) is 0 Å². The number of carbonyl (C=O) groups is 1. The number of fused-ring (bicyclic) bond motifs is 4. The Labute approximate surface area is 330 Å². The third kappa shape index (κ3) is 6.06. The molecule has 5 aliphatic carbocycles. The molecular weight excluding hydrogens is 695 g/mol. The second-order valence-corrected chi connectivity index (χ2v) is 26.7. The van der Waals surface area contributed by atoms with Gasteiger partial charge in [0.1, 0.15) is 5.60 Å². The van der Waals surface area contributed by atoms with Crippen LogP contribution in [-0.2, 0) is 23.4 Å². The number of morpholine rings is 1. The SMILES string of the molecule is CC[Si](CC)(CC)O[C@H]1[C@H]2O[C@@H]([C@H](O)C(C)C)C[C@@H](C)[C@@H]2[C@@]2(C)CC[C@@]34CC35CC[C@H](O[C@H]3CN(C(=O)OC(C)(C)C)CCO3)C(C)(C)[C@@H]5CC[C@H]4[C@]12C. The summed E-state index contributed by atoms with van der Waals surface area (Å²) in [6.45, 7) is 31.3. The average molecular weight is 774 g/mol. The number of carbonyl (C=O) groups excluding carboxylic acids is 1. The van der Waals surface area contributed by atoms with E-state index in [1.807, 2.05) is 20.8 Å². The van der Waals surface area contributed by atoms with Crippen LogP contribution in [0.1, 0.15) is 141 Å². The fraction of sp³-hybridized carbons (Fsp3) is 0.978. The molecule has 0 aromatic heterocycles. The highest BCUT2D eigenvalue weighted by molar-refractivity contribution is 6.73. The molecular formula is C45H79NO7Si. The Morgan fingerprint density at radius 3 is 2.24 bits per heavy atom. The molecule has 1 unspecified atom stereocenters. The number of hydrogen-bond donors (Lipinski definition) is 1. The Morgan fingerprint density at radius 2 is 1.61 bits per heavy atom. The monoisotopic (exact) mass is 774 g/mol.